The smallest absolute Gasteiger partial charge is 0.253 e. The third-order valence-electron chi connectivity index (χ3n) is 2.70. The van der Waals surface area contributed by atoms with Crippen molar-refractivity contribution >= 4 is 39.5 Å². The van der Waals surface area contributed by atoms with E-state index in [1.807, 2.05) is 19.2 Å². The normalized spacial score (nSPS) is 11.8. The van der Waals surface area contributed by atoms with Crippen molar-refractivity contribution < 1.29 is 9.59 Å². The minimum Gasteiger partial charge on any atom is -0.355 e. The van der Waals surface area contributed by atoms with E-state index in [1.165, 1.54) is 0 Å². The molecule has 110 valence electrons. The first-order valence-corrected chi connectivity index (χ1v) is 8.60. The Bertz CT molecular complexity index is 468. The Morgan fingerprint density at radius 2 is 2.05 bits per heavy atom. The van der Waals surface area contributed by atoms with Gasteiger partial charge in [0.15, 0.2) is 0 Å². The number of halogens is 1. The monoisotopic (exact) mass is 358 g/mol. The highest BCUT2D eigenvalue weighted by molar-refractivity contribution is 9.10. The van der Waals surface area contributed by atoms with Gasteiger partial charge in [0.1, 0.15) is 6.04 Å². The fourth-order valence-electron chi connectivity index (χ4n) is 1.68. The Kier molecular flexibility index (Phi) is 7.69. The van der Waals surface area contributed by atoms with E-state index >= 15 is 0 Å². The van der Waals surface area contributed by atoms with Crippen LogP contribution in [0.4, 0.5) is 0 Å². The van der Waals surface area contributed by atoms with Gasteiger partial charge in [0.05, 0.1) is 5.56 Å². The first kappa shape index (κ1) is 17.0. The molecule has 20 heavy (non-hydrogen) atoms. The molecule has 1 aromatic carbocycles. The molecule has 0 aliphatic rings. The van der Waals surface area contributed by atoms with Crippen LogP contribution in [0.2, 0.25) is 0 Å². The van der Waals surface area contributed by atoms with E-state index in [2.05, 4.69) is 26.6 Å². The van der Waals surface area contributed by atoms with E-state index in [-0.39, 0.29) is 11.8 Å². The number of thioether (sulfide) groups is 1. The molecule has 0 spiro atoms. The van der Waals surface area contributed by atoms with Gasteiger partial charge in [0.25, 0.3) is 5.91 Å². The van der Waals surface area contributed by atoms with Crippen molar-refractivity contribution in [2.24, 2.45) is 0 Å². The van der Waals surface area contributed by atoms with E-state index in [0.29, 0.717) is 18.5 Å². The molecule has 0 bridgehead atoms. The van der Waals surface area contributed by atoms with E-state index in [0.717, 1.165) is 10.2 Å². The highest BCUT2D eigenvalue weighted by Gasteiger charge is 2.21. The van der Waals surface area contributed by atoms with Gasteiger partial charge >= 0.3 is 0 Å². The Balaban J connectivity index is 2.76. The maximum Gasteiger partial charge on any atom is 0.253 e. The summed E-state index contributed by atoms with van der Waals surface area (Å²) in [5, 5.41) is 5.55. The first-order chi connectivity index (χ1) is 9.60. The summed E-state index contributed by atoms with van der Waals surface area (Å²) in [5.74, 6) is 0.440. The SMILES string of the molecule is CCNC(=O)C(CCSC)NC(=O)c1ccccc1Br. The molecule has 1 unspecified atom stereocenters. The van der Waals surface area contributed by atoms with Gasteiger partial charge in [-0.2, -0.15) is 11.8 Å². The molecule has 0 saturated carbocycles. The van der Waals surface area contributed by atoms with Crippen LogP contribution >= 0.6 is 27.7 Å². The van der Waals surface area contributed by atoms with Crippen LogP contribution in [0.15, 0.2) is 28.7 Å². The number of benzene rings is 1. The first-order valence-electron chi connectivity index (χ1n) is 6.42. The molecule has 1 atom stereocenters. The van der Waals surface area contributed by atoms with Crippen LogP contribution in [0.25, 0.3) is 0 Å². The molecule has 0 heterocycles. The largest absolute Gasteiger partial charge is 0.355 e. The third kappa shape index (κ3) is 5.17. The van der Waals surface area contributed by atoms with Gasteiger partial charge in [-0.1, -0.05) is 12.1 Å². The predicted octanol–water partition coefficient (Wildman–Crippen LogP) is 2.44. The molecule has 0 aromatic heterocycles. The molecular formula is C14H19BrN2O2S. The minimum atomic E-state index is -0.498. The zero-order chi connectivity index (χ0) is 15.0. The van der Waals surface area contributed by atoms with Crippen LogP contribution in [0.1, 0.15) is 23.7 Å². The van der Waals surface area contributed by atoms with Crippen molar-refractivity contribution in [2.45, 2.75) is 19.4 Å². The number of rotatable bonds is 7. The van der Waals surface area contributed by atoms with Crippen molar-refractivity contribution in [3.8, 4) is 0 Å². The number of nitrogens with one attached hydrogen (secondary N) is 2. The van der Waals surface area contributed by atoms with E-state index in [1.54, 1.807) is 30.0 Å². The Morgan fingerprint density at radius 1 is 1.35 bits per heavy atom. The number of likely N-dealkylation sites (N-methyl/N-ethyl adjacent to an activating group) is 1. The fourth-order valence-corrected chi connectivity index (χ4v) is 2.62. The van der Waals surface area contributed by atoms with Gasteiger partial charge in [0.2, 0.25) is 5.91 Å². The highest BCUT2D eigenvalue weighted by Crippen LogP contribution is 2.16. The lowest BCUT2D eigenvalue weighted by Crippen LogP contribution is -2.47. The topological polar surface area (TPSA) is 58.2 Å². The molecule has 6 heteroatoms. The molecule has 4 nitrogen and oxygen atoms in total. The van der Waals surface area contributed by atoms with Crippen LogP contribution in [0.3, 0.4) is 0 Å². The molecule has 1 rings (SSSR count). The Hall–Kier alpha value is -1.01. The van der Waals surface area contributed by atoms with Crippen molar-refractivity contribution in [1.82, 2.24) is 10.6 Å². The average Bonchev–Trinajstić information content (AvgIpc) is 2.43. The van der Waals surface area contributed by atoms with Crippen LogP contribution in [0.5, 0.6) is 0 Å². The molecule has 0 aliphatic heterocycles. The zero-order valence-electron chi connectivity index (χ0n) is 11.6. The summed E-state index contributed by atoms with van der Waals surface area (Å²) in [4.78, 5) is 24.2. The molecule has 0 radical (unpaired) electrons. The lowest BCUT2D eigenvalue weighted by Gasteiger charge is -2.18. The number of carbonyl (C=O) groups is 2. The zero-order valence-corrected chi connectivity index (χ0v) is 14.0. The van der Waals surface area contributed by atoms with Crippen molar-refractivity contribution in [2.75, 3.05) is 18.6 Å². The van der Waals surface area contributed by atoms with Crippen LogP contribution < -0.4 is 10.6 Å². The van der Waals surface area contributed by atoms with Gasteiger partial charge < -0.3 is 10.6 Å². The molecule has 0 aliphatic carbocycles. The lowest BCUT2D eigenvalue weighted by atomic mass is 10.1. The highest BCUT2D eigenvalue weighted by atomic mass is 79.9. The van der Waals surface area contributed by atoms with Gasteiger partial charge in [-0.05, 0) is 53.4 Å². The number of amides is 2. The van der Waals surface area contributed by atoms with Gasteiger partial charge in [-0.15, -0.1) is 0 Å². The van der Waals surface area contributed by atoms with Crippen LogP contribution in [-0.2, 0) is 4.79 Å². The van der Waals surface area contributed by atoms with E-state index < -0.39 is 6.04 Å². The van der Waals surface area contributed by atoms with Gasteiger partial charge in [-0.3, -0.25) is 9.59 Å². The lowest BCUT2D eigenvalue weighted by molar-refractivity contribution is -0.122. The second-order valence-corrected chi connectivity index (χ2v) is 6.02. The fraction of sp³-hybridized carbons (Fsp3) is 0.429. The summed E-state index contributed by atoms with van der Waals surface area (Å²) >= 11 is 4.99. The Labute approximate surface area is 132 Å². The molecule has 0 fully saturated rings. The van der Waals surface area contributed by atoms with Crippen molar-refractivity contribution in [3.05, 3.63) is 34.3 Å². The van der Waals surface area contributed by atoms with Crippen LogP contribution in [0, 0.1) is 0 Å². The third-order valence-corrected chi connectivity index (χ3v) is 4.04. The van der Waals surface area contributed by atoms with Crippen molar-refractivity contribution in [3.63, 3.8) is 0 Å². The maximum absolute atomic E-state index is 12.2. The summed E-state index contributed by atoms with van der Waals surface area (Å²) in [6, 6.07) is 6.67. The predicted molar refractivity (Wildman–Crippen MR) is 87.1 cm³/mol. The van der Waals surface area contributed by atoms with Crippen molar-refractivity contribution in [1.29, 1.82) is 0 Å². The van der Waals surface area contributed by atoms with E-state index in [4.69, 9.17) is 0 Å². The molecule has 1 aromatic rings. The second-order valence-electron chi connectivity index (χ2n) is 4.18. The molecule has 2 N–H and O–H groups in total. The summed E-state index contributed by atoms with van der Waals surface area (Å²) in [6.07, 6.45) is 2.59. The number of carbonyl (C=O) groups excluding carboxylic acids is 2. The average molecular weight is 359 g/mol. The molecule has 0 saturated heterocycles. The maximum atomic E-state index is 12.2. The standard InChI is InChI=1S/C14H19BrN2O2S/c1-3-16-14(19)12(8-9-20-2)17-13(18)10-6-4-5-7-11(10)15/h4-7,12H,3,8-9H2,1-2H3,(H,16,19)(H,17,18). The summed E-state index contributed by atoms with van der Waals surface area (Å²) < 4.78 is 0.719. The quantitative estimate of drug-likeness (QED) is 0.786. The summed E-state index contributed by atoms with van der Waals surface area (Å²) in [7, 11) is 0. The summed E-state index contributed by atoms with van der Waals surface area (Å²) in [5.41, 5.74) is 0.533. The minimum absolute atomic E-state index is 0.137. The summed E-state index contributed by atoms with van der Waals surface area (Å²) in [6.45, 7) is 2.42. The van der Waals surface area contributed by atoms with Crippen LogP contribution in [-0.4, -0.2) is 36.4 Å². The second kappa shape index (κ2) is 9.02. The van der Waals surface area contributed by atoms with E-state index in [9.17, 15) is 9.59 Å². The molecular weight excluding hydrogens is 340 g/mol. The van der Waals surface area contributed by atoms with Gasteiger partial charge in [-0.25, -0.2) is 0 Å². The Morgan fingerprint density at radius 3 is 2.65 bits per heavy atom. The number of hydrogen-bond donors (Lipinski definition) is 2. The van der Waals surface area contributed by atoms with Gasteiger partial charge in [0, 0.05) is 11.0 Å². The number of hydrogen-bond acceptors (Lipinski definition) is 3. The molecule has 2 amide bonds.